The smallest absolute Gasteiger partial charge is 0.303 e. The van der Waals surface area contributed by atoms with Gasteiger partial charge in [0.15, 0.2) is 18.2 Å². The van der Waals surface area contributed by atoms with Crippen LogP contribution in [-0.2, 0) is 19.1 Å². The molecule has 0 aromatic carbocycles. The molecule has 5 rings (SSSR count). The molecule has 6 heteroatoms. The van der Waals surface area contributed by atoms with Crippen molar-refractivity contribution in [1.82, 2.24) is 5.32 Å². The van der Waals surface area contributed by atoms with Crippen LogP contribution in [0.2, 0.25) is 0 Å². The van der Waals surface area contributed by atoms with Gasteiger partial charge in [-0.15, -0.1) is 0 Å². The number of carbonyl (C=O) groups is 3. The van der Waals surface area contributed by atoms with E-state index in [0.717, 1.165) is 31.4 Å². The van der Waals surface area contributed by atoms with Crippen LogP contribution < -0.4 is 5.32 Å². The predicted octanol–water partition coefficient (Wildman–Crippen LogP) is 2.21. The molecule has 0 aromatic rings. The van der Waals surface area contributed by atoms with Crippen molar-refractivity contribution in [2.24, 2.45) is 39.9 Å². The van der Waals surface area contributed by atoms with Crippen LogP contribution in [0.3, 0.4) is 0 Å². The van der Waals surface area contributed by atoms with Gasteiger partial charge in [0.25, 0.3) is 0 Å². The number of ketones is 2. The van der Waals surface area contributed by atoms with Crippen LogP contribution in [-0.4, -0.2) is 48.4 Å². The van der Waals surface area contributed by atoms with Gasteiger partial charge in [0.1, 0.15) is 0 Å². The molecule has 8 atom stereocenters. The number of aliphatic hydroxyl groups excluding tert-OH is 1. The van der Waals surface area contributed by atoms with Gasteiger partial charge < -0.3 is 15.2 Å². The van der Waals surface area contributed by atoms with Gasteiger partial charge in [0.05, 0.1) is 11.5 Å². The summed E-state index contributed by atoms with van der Waals surface area (Å²) in [6.45, 7) is 6.90. The number of Topliss-reactive ketones (excluding diaryl/α,β-unsaturated/α-hetero) is 1. The first kappa shape index (κ1) is 21.1. The maximum Gasteiger partial charge on any atom is 0.303 e. The number of aliphatic hydroxyl groups is 1. The molecular formula is C25H33NO5. The third kappa shape index (κ3) is 2.67. The molecule has 3 saturated carbocycles. The van der Waals surface area contributed by atoms with Crippen molar-refractivity contribution in [3.05, 3.63) is 23.8 Å². The summed E-state index contributed by atoms with van der Waals surface area (Å²) in [5.41, 5.74) is -0.105. The maximum atomic E-state index is 13.6. The maximum absolute atomic E-state index is 13.6. The third-order valence-corrected chi connectivity index (χ3v) is 9.84. The van der Waals surface area contributed by atoms with Crippen molar-refractivity contribution >= 4 is 17.5 Å². The van der Waals surface area contributed by atoms with Crippen LogP contribution in [0.4, 0.5) is 0 Å². The van der Waals surface area contributed by atoms with Gasteiger partial charge in [0, 0.05) is 24.8 Å². The Morgan fingerprint density at radius 1 is 1.32 bits per heavy atom. The Labute approximate surface area is 183 Å². The van der Waals surface area contributed by atoms with Gasteiger partial charge in [-0.05, 0) is 67.5 Å². The fourth-order valence-electron chi connectivity index (χ4n) is 8.58. The molecule has 0 spiro atoms. The number of esters is 1. The number of hydrogen-bond donors (Lipinski definition) is 2. The summed E-state index contributed by atoms with van der Waals surface area (Å²) in [7, 11) is 0. The lowest BCUT2D eigenvalue weighted by molar-refractivity contribution is -0.163. The average molecular weight is 428 g/mol. The van der Waals surface area contributed by atoms with Gasteiger partial charge >= 0.3 is 5.97 Å². The quantitative estimate of drug-likeness (QED) is 0.671. The first-order valence-corrected chi connectivity index (χ1v) is 11.6. The lowest BCUT2D eigenvalue weighted by atomic mass is 9.44. The van der Waals surface area contributed by atoms with Crippen LogP contribution in [0.5, 0.6) is 0 Å². The minimum Gasteiger partial charge on any atom is -0.458 e. The molecule has 4 aliphatic carbocycles. The Morgan fingerprint density at radius 2 is 2.10 bits per heavy atom. The van der Waals surface area contributed by atoms with Crippen LogP contribution in [0.25, 0.3) is 0 Å². The number of nitrogens with one attached hydrogen (secondary N) is 1. The highest BCUT2D eigenvalue weighted by Gasteiger charge is 2.72. The van der Waals surface area contributed by atoms with E-state index >= 15 is 0 Å². The molecule has 0 amide bonds. The monoisotopic (exact) mass is 427 g/mol. The first-order chi connectivity index (χ1) is 14.6. The van der Waals surface area contributed by atoms with Crippen LogP contribution in [0.15, 0.2) is 23.8 Å². The minimum atomic E-state index is -0.603. The second-order valence-corrected chi connectivity index (χ2v) is 11.0. The molecule has 1 saturated heterocycles. The minimum absolute atomic E-state index is 0.000819. The molecule has 6 nitrogen and oxygen atoms in total. The Bertz CT molecular complexity index is 908. The van der Waals surface area contributed by atoms with Gasteiger partial charge in [0.2, 0.25) is 0 Å². The van der Waals surface area contributed by atoms with E-state index in [1.165, 1.54) is 6.92 Å². The number of fused-ring (bicyclic) bond motifs is 7. The molecule has 0 radical (unpaired) electrons. The van der Waals surface area contributed by atoms with E-state index in [0.29, 0.717) is 24.8 Å². The summed E-state index contributed by atoms with van der Waals surface area (Å²) < 4.78 is 5.15. The second-order valence-electron chi connectivity index (χ2n) is 11.0. The Morgan fingerprint density at radius 3 is 2.84 bits per heavy atom. The summed E-state index contributed by atoms with van der Waals surface area (Å²) >= 11 is 0. The molecule has 1 aliphatic heterocycles. The molecule has 0 aromatic heterocycles. The molecule has 31 heavy (non-hydrogen) atoms. The van der Waals surface area contributed by atoms with E-state index in [2.05, 4.69) is 19.2 Å². The molecule has 168 valence electrons. The highest BCUT2D eigenvalue weighted by Crippen LogP contribution is 2.71. The predicted molar refractivity (Wildman–Crippen MR) is 114 cm³/mol. The van der Waals surface area contributed by atoms with E-state index in [4.69, 9.17) is 4.74 Å². The highest BCUT2D eigenvalue weighted by atomic mass is 16.5. The SMILES string of the molecule is CC(=O)OCC(=O)[C@@]12CNC[C@@H]1CC1[C@@H]3CCC4=CC(=O)C=C[C@]4(C)C3C(O)C[C@@]12C. The largest absolute Gasteiger partial charge is 0.458 e. The highest BCUT2D eigenvalue weighted by molar-refractivity contribution is 6.01. The number of hydrogen-bond acceptors (Lipinski definition) is 6. The Balaban J connectivity index is 1.53. The van der Waals surface area contributed by atoms with Gasteiger partial charge in [-0.25, -0.2) is 0 Å². The van der Waals surface area contributed by atoms with Crippen molar-refractivity contribution < 1.29 is 24.2 Å². The first-order valence-electron chi connectivity index (χ1n) is 11.6. The summed E-state index contributed by atoms with van der Waals surface area (Å²) in [6.07, 6.45) is 8.23. The summed E-state index contributed by atoms with van der Waals surface area (Å²) in [6, 6.07) is 0. The normalized spacial score (nSPS) is 47.7. The zero-order valence-electron chi connectivity index (χ0n) is 18.6. The standard InChI is InChI=1S/C25H33NO5/c1-14(27)31-12-21(30)25-13-26-11-16(25)9-19-18-5-4-15-8-17(28)6-7-23(15,2)22(18)20(29)10-24(19,25)3/h6-8,16,18-20,22,26,29H,4-5,9-13H2,1-3H3/t16-,18-,19?,20?,22?,23-,24-,25+/m0/s1. The van der Waals surface area contributed by atoms with Gasteiger partial charge in [-0.3, -0.25) is 14.4 Å². The molecule has 0 bridgehead atoms. The molecule has 5 aliphatic rings. The van der Waals surface area contributed by atoms with Crippen molar-refractivity contribution in [2.75, 3.05) is 19.7 Å². The topological polar surface area (TPSA) is 92.7 Å². The lowest BCUT2D eigenvalue weighted by Crippen LogP contribution is -2.60. The fourth-order valence-corrected chi connectivity index (χ4v) is 8.58. The van der Waals surface area contributed by atoms with Crippen molar-refractivity contribution in [3.63, 3.8) is 0 Å². The lowest BCUT2D eigenvalue weighted by Gasteiger charge is -2.60. The van der Waals surface area contributed by atoms with Crippen molar-refractivity contribution in [3.8, 4) is 0 Å². The van der Waals surface area contributed by atoms with Crippen LogP contribution in [0, 0.1) is 39.9 Å². The van der Waals surface area contributed by atoms with Gasteiger partial charge in [-0.2, -0.15) is 0 Å². The molecule has 1 heterocycles. The molecular weight excluding hydrogens is 394 g/mol. The Hall–Kier alpha value is -1.79. The summed E-state index contributed by atoms with van der Waals surface area (Å²) in [5.74, 6) is 0.494. The number of rotatable bonds is 3. The third-order valence-electron chi connectivity index (χ3n) is 9.84. The summed E-state index contributed by atoms with van der Waals surface area (Å²) in [5, 5.41) is 15.0. The molecule has 3 unspecified atom stereocenters. The van der Waals surface area contributed by atoms with Crippen LogP contribution in [0.1, 0.15) is 46.5 Å². The van der Waals surface area contributed by atoms with Crippen molar-refractivity contribution in [1.29, 1.82) is 0 Å². The number of allylic oxidation sites excluding steroid dienone is 4. The van der Waals surface area contributed by atoms with E-state index < -0.39 is 17.5 Å². The van der Waals surface area contributed by atoms with E-state index in [1.54, 1.807) is 12.2 Å². The zero-order valence-corrected chi connectivity index (χ0v) is 18.6. The van der Waals surface area contributed by atoms with E-state index in [9.17, 15) is 19.5 Å². The van der Waals surface area contributed by atoms with E-state index in [-0.39, 0.29) is 40.8 Å². The number of ether oxygens (including phenoxy) is 1. The molecule has 4 fully saturated rings. The van der Waals surface area contributed by atoms with Crippen molar-refractivity contribution in [2.45, 2.75) is 52.6 Å². The molecule has 2 N–H and O–H groups in total. The van der Waals surface area contributed by atoms with Crippen LogP contribution >= 0.6 is 0 Å². The van der Waals surface area contributed by atoms with Gasteiger partial charge in [-0.1, -0.05) is 25.5 Å². The average Bonchev–Trinajstić information content (AvgIpc) is 3.23. The summed E-state index contributed by atoms with van der Waals surface area (Å²) in [4.78, 5) is 36.9. The van der Waals surface area contributed by atoms with E-state index in [1.807, 2.05) is 6.08 Å². The zero-order chi connectivity index (χ0) is 22.2. The Kier molecular flexibility index (Phi) is 4.66. The number of carbonyl (C=O) groups excluding carboxylic acids is 3. The fraction of sp³-hybridized carbons (Fsp3) is 0.720. The second kappa shape index (κ2) is 6.85.